The van der Waals surface area contributed by atoms with Gasteiger partial charge in [0, 0.05) is 25.8 Å². The number of morpholine rings is 1. The molecule has 2 fully saturated rings. The first-order valence-corrected chi connectivity index (χ1v) is 11.3. The maximum Gasteiger partial charge on any atom is 0.267 e. The number of aryl methyl sites for hydroxylation is 1. The van der Waals surface area contributed by atoms with Gasteiger partial charge in [-0.05, 0) is 38.5 Å². The molecule has 162 valence electrons. The molecule has 0 N–H and O–H groups in total. The number of hydrogen-bond donors (Lipinski definition) is 0. The van der Waals surface area contributed by atoms with Gasteiger partial charge in [0.1, 0.15) is 15.8 Å². The predicted molar refractivity (Wildman–Crippen MR) is 128 cm³/mol. The van der Waals surface area contributed by atoms with Crippen molar-refractivity contribution in [3.63, 3.8) is 0 Å². The van der Waals surface area contributed by atoms with Crippen LogP contribution in [0, 0.1) is 6.92 Å². The first-order chi connectivity index (χ1) is 14.8. The second kappa shape index (κ2) is 8.57. The summed E-state index contributed by atoms with van der Waals surface area (Å²) in [6.07, 6.45) is 4.96. The van der Waals surface area contributed by atoms with Gasteiger partial charge in [0.15, 0.2) is 0 Å². The summed E-state index contributed by atoms with van der Waals surface area (Å²) in [5.41, 5.74) is 1.66. The van der Waals surface area contributed by atoms with Crippen molar-refractivity contribution in [3.05, 3.63) is 57.4 Å². The lowest BCUT2D eigenvalue weighted by Crippen LogP contribution is -2.46. The summed E-state index contributed by atoms with van der Waals surface area (Å²) < 4.78 is 7.85. The molecule has 0 unspecified atom stereocenters. The molecule has 4 heterocycles. The van der Waals surface area contributed by atoms with E-state index >= 15 is 0 Å². The Morgan fingerprint density at radius 3 is 2.71 bits per heavy atom. The highest BCUT2D eigenvalue weighted by atomic mass is 32.2. The Labute approximate surface area is 190 Å². The highest BCUT2D eigenvalue weighted by Gasteiger charge is 2.33. The van der Waals surface area contributed by atoms with Crippen molar-refractivity contribution in [1.29, 1.82) is 0 Å². The summed E-state index contributed by atoms with van der Waals surface area (Å²) >= 11 is 6.54. The Bertz CT molecular complexity index is 1160. The first kappa shape index (κ1) is 21.7. The molecular formula is C22H24N4O3S2. The van der Waals surface area contributed by atoms with Gasteiger partial charge < -0.3 is 9.64 Å². The fraction of sp³-hybridized carbons (Fsp3) is 0.364. The fourth-order valence-corrected chi connectivity index (χ4v) is 5.19. The lowest BCUT2D eigenvalue weighted by atomic mass is 10.1. The van der Waals surface area contributed by atoms with E-state index in [-0.39, 0.29) is 23.7 Å². The molecule has 31 heavy (non-hydrogen) atoms. The normalized spacial score (nSPS) is 23.3. The molecule has 2 aromatic rings. The van der Waals surface area contributed by atoms with Gasteiger partial charge in [-0.1, -0.05) is 36.1 Å². The van der Waals surface area contributed by atoms with Crippen LogP contribution in [-0.2, 0) is 9.53 Å². The van der Waals surface area contributed by atoms with Crippen molar-refractivity contribution >= 4 is 51.7 Å². The Kier molecular flexibility index (Phi) is 6.00. The minimum absolute atomic E-state index is 0.000441. The molecule has 2 aromatic heterocycles. The molecular weight excluding hydrogens is 432 g/mol. The number of thioether (sulfide) groups is 1. The van der Waals surface area contributed by atoms with Gasteiger partial charge in [0.05, 0.1) is 22.7 Å². The molecule has 0 aliphatic carbocycles. The monoisotopic (exact) mass is 456 g/mol. The van der Waals surface area contributed by atoms with Gasteiger partial charge in [-0.25, -0.2) is 4.98 Å². The van der Waals surface area contributed by atoms with E-state index in [1.165, 1.54) is 21.1 Å². The topological polar surface area (TPSA) is 67.2 Å². The van der Waals surface area contributed by atoms with E-state index in [0.29, 0.717) is 45.9 Å². The Morgan fingerprint density at radius 2 is 2.03 bits per heavy atom. The standard InChI is InChI=1S/C22H24N4O3S2/c1-5-8-26-21(28)17(31-22(26)30)10-16-19(24-11-14(3)29-15(4)12-24)23-18-13(2)7-6-9-25(18)20(16)27/h5-7,9-10,14-15H,1,8,11-12H2,2-4H3/b17-10+/t14-,15-/m0/s1. The Morgan fingerprint density at radius 1 is 1.32 bits per heavy atom. The molecule has 0 saturated carbocycles. The fourth-order valence-electron chi connectivity index (χ4n) is 3.94. The number of carbonyl (C=O) groups excluding carboxylic acids is 1. The van der Waals surface area contributed by atoms with Crippen molar-refractivity contribution < 1.29 is 9.53 Å². The van der Waals surface area contributed by atoms with Crippen LogP contribution < -0.4 is 10.5 Å². The van der Waals surface area contributed by atoms with E-state index in [1.807, 2.05) is 32.9 Å². The number of anilines is 1. The van der Waals surface area contributed by atoms with E-state index in [0.717, 1.165) is 5.56 Å². The summed E-state index contributed by atoms with van der Waals surface area (Å²) in [4.78, 5) is 35.2. The minimum Gasteiger partial charge on any atom is -0.372 e. The van der Waals surface area contributed by atoms with E-state index in [2.05, 4.69) is 11.5 Å². The number of aromatic nitrogens is 2. The van der Waals surface area contributed by atoms with Crippen LogP contribution in [-0.4, -0.2) is 56.4 Å². The molecule has 0 spiro atoms. The van der Waals surface area contributed by atoms with Crippen molar-refractivity contribution in [2.75, 3.05) is 24.5 Å². The van der Waals surface area contributed by atoms with Crippen LogP contribution in [0.5, 0.6) is 0 Å². The molecule has 0 aromatic carbocycles. The Hall–Kier alpha value is -2.49. The summed E-state index contributed by atoms with van der Waals surface area (Å²) in [5, 5.41) is 0. The smallest absolute Gasteiger partial charge is 0.267 e. The van der Waals surface area contributed by atoms with E-state index in [9.17, 15) is 9.59 Å². The second-order valence-electron chi connectivity index (χ2n) is 7.78. The van der Waals surface area contributed by atoms with Gasteiger partial charge >= 0.3 is 0 Å². The number of hydrogen-bond acceptors (Lipinski definition) is 7. The number of thiocarbonyl (C=S) groups is 1. The number of nitrogens with zero attached hydrogens (tertiary/aromatic N) is 4. The van der Waals surface area contributed by atoms with Crippen LogP contribution in [0.2, 0.25) is 0 Å². The summed E-state index contributed by atoms with van der Waals surface area (Å²) in [6, 6.07) is 3.74. The highest BCUT2D eigenvalue weighted by molar-refractivity contribution is 8.26. The summed E-state index contributed by atoms with van der Waals surface area (Å²) in [5.74, 6) is 0.341. The quantitative estimate of drug-likeness (QED) is 0.398. The van der Waals surface area contributed by atoms with Gasteiger partial charge in [0.2, 0.25) is 0 Å². The minimum atomic E-state index is -0.224. The maximum absolute atomic E-state index is 13.5. The first-order valence-electron chi connectivity index (χ1n) is 10.1. The lowest BCUT2D eigenvalue weighted by molar-refractivity contribution is -0.121. The van der Waals surface area contributed by atoms with Crippen LogP contribution in [0.4, 0.5) is 5.82 Å². The van der Waals surface area contributed by atoms with Crippen molar-refractivity contribution in [3.8, 4) is 0 Å². The second-order valence-corrected chi connectivity index (χ2v) is 9.46. The maximum atomic E-state index is 13.5. The van der Waals surface area contributed by atoms with Gasteiger partial charge in [-0.3, -0.25) is 18.9 Å². The van der Waals surface area contributed by atoms with Gasteiger partial charge in [0.25, 0.3) is 11.5 Å². The number of carbonyl (C=O) groups is 1. The number of rotatable bonds is 4. The third kappa shape index (κ3) is 4.05. The number of amides is 1. The summed E-state index contributed by atoms with van der Waals surface area (Å²) in [6.45, 7) is 11.2. The van der Waals surface area contributed by atoms with Crippen LogP contribution in [0.15, 0.2) is 40.7 Å². The highest BCUT2D eigenvalue weighted by Crippen LogP contribution is 2.34. The van der Waals surface area contributed by atoms with Gasteiger partial charge in [-0.15, -0.1) is 6.58 Å². The average Bonchev–Trinajstić information content (AvgIpc) is 2.97. The molecule has 2 saturated heterocycles. The van der Waals surface area contributed by atoms with Crippen LogP contribution in [0.3, 0.4) is 0 Å². The molecule has 7 nitrogen and oxygen atoms in total. The van der Waals surface area contributed by atoms with Gasteiger partial charge in [-0.2, -0.15) is 0 Å². The molecule has 0 radical (unpaired) electrons. The molecule has 0 bridgehead atoms. The van der Waals surface area contributed by atoms with Crippen LogP contribution in [0.25, 0.3) is 11.7 Å². The molecule has 2 aliphatic heterocycles. The van der Waals surface area contributed by atoms with Crippen LogP contribution >= 0.6 is 24.0 Å². The molecule has 2 aliphatic rings. The lowest BCUT2D eigenvalue weighted by Gasteiger charge is -2.36. The molecule has 4 rings (SSSR count). The number of ether oxygens (including phenoxy) is 1. The van der Waals surface area contributed by atoms with E-state index in [4.69, 9.17) is 21.9 Å². The zero-order valence-electron chi connectivity index (χ0n) is 17.7. The van der Waals surface area contributed by atoms with Crippen molar-refractivity contribution in [2.45, 2.75) is 33.0 Å². The number of pyridine rings is 1. The largest absolute Gasteiger partial charge is 0.372 e. The SMILES string of the molecule is C=CCN1C(=O)/C(=C\c2c(N3C[C@H](C)O[C@@H](C)C3)nc3c(C)cccn3c2=O)SC1=S. The average molecular weight is 457 g/mol. The molecule has 9 heteroatoms. The number of fused-ring (bicyclic) bond motifs is 1. The third-order valence-corrected chi connectivity index (χ3v) is 6.62. The zero-order chi connectivity index (χ0) is 22.3. The third-order valence-electron chi connectivity index (χ3n) is 5.24. The molecule has 1 amide bonds. The summed E-state index contributed by atoms with van der Waals surface area (Å²) in [7, 11) is 0. The van der Waals surface area contributed by atoms with E-state index in [1.54, 1.807) is 18.3 Å². The van der Waals surface area contributed by atoms with E-state index < -0.39 is 0 Å². The predicted octanol–water partition coefficient (Wildman–Crippen LogP) is 3.00. The Balaban J connectivity index is 1.90. The van der Waals surface area contributed by atoms with Crippen LogP contribution in [0.1, 0.15) is 25.0 Å². The van der Waals surface area contributed by atoms with Crippen molar-refractivity contribution in [2.24, 2.45) is 0 Å². The van der Waals surface area contributed by atoms with Crippen molar-refractivity contribution in [1.82, 2.24) is 14.3 Å². The molecule has 2 atom stereocenters. The zero-order valence-corrected chi connectivity index (χ0v) is 19.3.